The van der Waals surface area contributed by atoms with Crippen molar-refractivity contribution >= 4 is 33.4 Å². The topological polar surface area (TPSA) is 101 Å². The highest BCUT2D eigenvalue weighted by atomic mass is 32.2. The fourth-order valence-electron chi connectivity index (χ4n) is 2.38. The van der Waals surface area contributed by atoms with Crippen LogP contribution in [0.15, 0.2) is 23.1 Å². The highest BCUT2D eigenvalue weighted by Crippen LogP contribution is 2.31. The zero-order chi connectivity index (χ0) is 15.8. The Bertz CT molecular complexity index is 650. The smallest absolute Gasteiger partial charge is 0.335 e. The molecule has 1 aromatic rings. The van der Waals surface area contributed by atoms with Crippen LogP contribution in [0.5, 0.6) is 0 Å². The Kier molecular flexibility index (Phi) is 4.50. The maximum absolute atomic E-state index is 12.7. The number of hydrogen-bond acceptors (Lipinski definition) is 5. The van der Waals surface area contributed by atoms with E-state index in [0.29, 0.717) is 13.1 Å². The van der Waals surface area contributed by atoms with Gasteiger partial charge in [-0.3, -0.25) is 0 Å². The first kappa shape index (κ1) is 16.1. The van der Waals surface area contributed by atoms with Crippen molar-refractivity contribution in [3.63, 3.8) is 0 Å². The number of aromatic carboxylic acids is 1. The summed E-state index contributed by atoms with van der Waals surface area (Å²) in [4.78, 5) is 10.9. The predicted molar refractivity (Wildman–Crippen MR) is 83.1 cm³/mol. The number of carboxylic acids is 1. The van der Waals surface area contributed by atoms with Crippen molar-refractivity contribution in [2.75, 3.05) is 18.8 Å². The van der Waals surface area contributed by atoms with Crippen molar-refractivity contribution < 1.29 is 18.3 Å². The van der Waals surface area contributed by atoms with E-state index in [1.54, 1.807) is 11.8 Å². The molecule has 1 aliphatic rings. The van der Waals surface area contributed by atoms with Crippen molar-refractivity contribution in [3.05, 3.63) is 23.8 Å². The molecule has 2 atom stereocenters. The lowest BCUT2D eigenvalue weighted by Gasteiger charge is -2.33. The summed E-state index contributed by atoms with van der Waals surface area (Å²) in [5, 5.41) is 9.33. The van der Waals surface area contributed by atoms with Crippen molar-refractivity contribution in [1.29, 1.82) is 0 Å². The molecule has 21 heavy (non-hydrogen) atoms. The molecule has 1 aromatic carbocycles. The van der Waals surface area contributed by atoms with Crippen LogP contribution in [0.1, 0.15) is 24.2 Å². The van der Waals surface area contributed by atoms with Crippen molar-refractivity contribution in [1.82, 2.24) is 4.31 Å². The molecule has 0 spiro atoms. The summed E-state index contributed by atoms with van der Waals surface area (Å²) in [5.41, 5.74) is 5.69. The van der Waals surface area contributed by atoms with Crippen LogP contribution >= 0.6 is 11.8 Å². The fraction of sp³-hybridized carbons (Fsp3) is 0.462. The van der Waals surface area contributed by atoms with Gasteiger partial charge in [0.05, 0.1) is 11.3 Å². The molecular weight excluding hydrogens is 312 g/mol. The third-order valence-electron chi connectivity index (χ3n) is 3.26. The summed E-state index contributed by atoms with van der Waals surface area (Å²) in [5.74, 6) is -1.14. The van der Waals surface area contributed by atoms with Crippen LogP contribution in [0.25, 0.3) is 0 Å². The molecule has 0 aromatic heterocycles. The number of hydrogen-bond donors (Lipinski definition) is 2. The maximum Gasteiger partial charge on any atom is 0.335 e. The number of carboxylic acid groups (broad SMARTS) is 1. The highest BCUT2D eigenvalue weighted by molar-refractivity contribution is 8.00. The number of benzene rings is 1. The van der Waals surface area contributed by atoms with Crippen LogP contribution in [0.2, 0.25) is 0 Å². The fourth-order valence-corrected chi connectivity index (χ4v) is 5.61. The third-order valence-corrected chi connectivity index (χ3v) is 6.39. The van der Waals surface area contributed by atoms with Gasteiger partial charge in [0, 0.05) is 23.6 Å². The molecule has 0 bridgehead atoms. The lowest BCUT2D eigenvalue weighted by atomic mass is 10.2. The van der Waals surface area contributed by atoms with E-state index in [1.165, 1.54) is 22.5 Å². The summed E-state index contributed by atoms with van der Waals surface area (Å²) in [6.45, 7) is 4.83. The van der Waals surface area contributed by atoms with Crippen LogP contribution in [0.4, 0.5) is 5.69 Å². The normalized spacial score (nSPS) is 23.9. The summed E-state index contributed by atoms with van der Waals surface area (Å²) < 4.78 is 26.8. The van der Waals surface area contributed by atoms with E-state index in [4.69, 9.17) is 10.8 Å². The van der Waals surface area contributed by atoms with E-state index in [0.717, 1.165) is 0 Å². The van der Waals surface area contributed by atoms with Crippen LogP contribution < -0.4 is 5.73 Å². The molecule has 0 saturated carbocycles. The molecular formula is C13H18N2O4S2. The van der Waals surface area contributed by atoms with E-state index in [2.05, 4.69) is 0 Å². The van der Waals surface area contributed by atoms with Crippen LogP contribution in [0.3, 0.4) is 0 Å². The zero-order valence-corrected chi connectivity index (χ0v) is 13.4. The van der Waals surface area contributed by atoms with E-state index in [1.807, 2.05) is 13.8 Å². The first-order valence-electron chi connectivity index (χ1n) is 6.50. The van der Waals surface area contributed by atoms with Crippen molar-refractivity contribution in [2.24, 2.45) is 0 Å². The van der Waals surface area contributed by atoms with Gasteiger partial charge >= 0.3 is 5.97 Å². The standard InChI is InChI=1S/C13H18N2O4S2/c1-8-6-15(7-9(2)20-8)21(18,19)12-4-3-10(13(16)17)5-11(12)14/h3-5,8-9H,6-7,14H2,1-2H3,(H,16,17). The van der Waals surface area contributed by atoms with Gasteiger partial charge in [-0.25, -0.2) is 13.2 Å². The molecule has 1 fully saturated rings. The Hall–Kier alpha value is -1.25. The summed E-state index contributed by atoms with van der Waals surface area (Å²) in [7, 11) is -3.70. The molecule has 0 aliphatic carbocycles. The number of nitrogens with zero attached hydrogens (tertiary/aromatic N) is 1. The first-order chi connectivity index (χ1) is 9.71. The summed E-state index contributed by atoms with van der Waals surface area (Å²) in [6, 6.07) is 3.71. The molecule has 2 unspecified atom stereocenters. The van der Waals surface area contributed by atoms with Gasteiger partial charge in [0.15, 0.2) is 0 Å². The second-order valence-corrected chi connectivity index (χ2v) is 8.93. The lowest BCUT2D eigenvalue weighted by Crippen LogP contribution is -2.44. The molecule has 0 radical (unpaired) electrons. The van der Waals surface area contributed by atoms with Crippen LogP contribution in [-0.4, -0.2) is 47.4 Å². The second-order valence-electron chi connectivity index (χ2n) is 5.14. The largest absolute Gasteiger partial charge is 0.478 e. The summed E-state index contributed by atoms with van der Waals surface area (Å²) >= 11 is 1.75. The quantitative estimate of drug-likeness (QED) is 0.814. The van der Waals surface area contributed by atoms with Gasteiger partial charge in [0.2, 0.25) is 10.0 Å². The number of nitrogen functional groups attached to an aromatic ring is 1. The molecule has 1 aliphatic heterocycles. The Morgan fingerprint density at radius 2 is 1.90 bits per heavy atom. The molecule has 2 rings (SSSR count). The molecule has 3 N–H and O–H groups in total. The molecule has 1 saturated heterocycles. The number of carbonyl (C=O) groups is 1. The minimum absolute atomic E-state index is 0.0256. The minimum Gasteiger partial charge on any atom is -0.478 e. The zero-order valence-electron chi connectivity index (χ0n) is 11.8. The minimum atomic E-state index is -3.70. The number of sulfonamides is 1. The van der Waals surface area contributed by atoms with E-state index >= 15 is 0 Å². The van der Waals surface area contributed by atoms with Crippen molar-refractivity contribution in [2.45, 2.75) is 29.2 Å². The summed E-state index contributed by atoms with van der Waals surface area (Å²) in [6.07, 6.45) is 0. The number of thioether (sulfide) groups is 1. The SMILES string of the molecule is CC1CN(S(=O)(=O)c2ccc(C(=O)O)cc2N)CC(C)S1. The Balaban J connectivity index is 2.37. The monoisotopic (exact) mass is 330 g/mol. The van der Waals surface area contributed by atoms with Gasteiger partial charge < -0.3 is 10.8 Å². The van der Waals surface area contributed by atoms with Gasteiger partial charge in [-0.05, 0) is 18.2 Å². The number of anilines is 1. The number of rotatable bonds is 3. The van der Waals surface area contributed by atoms with Crippen molar-refractivity contribution in [3.8, 4) is 0 Å². The predicted octanol–water partition coefficient (Wildman–Crippen LogP) is 1.48. The molecule has 0 amide bonds. The van der Waals surface area contributed by atoms with Crippen LogP contribution in [0, 0.1) is 0 Å². The van der Waals surface area contributed by atoms with Gasteiger partial charge in [-0.2, -0.15) is 16.1 Å². The van der Waals surface area contributed by atoms with Gasteiger partial charge in [0.1, 0.15) is 4.90 Å². The van der Waals surface area contributed by atoms with Gasteiger partial charge in [-0.15, -0.1) is 0 Å². The number of nitrogens with two attached hydrogens (primary N) is 1. The van der Waals surface area contributed by atoms with E-state index in [9.17, 15) is 13.2 Å². The molecule has 1 heterocycles. The second kappa shape index (κ2) is 5.86. The molecule has 8 heteroatoms. The molecule has 6 nitrogen and oxygen atoms in total. The lowest BCUT2D eigenvalue weighted by molar-refractivity contribution is 0.0697. The average Bonchev–Trinajstić information content (AvgIpc) is 2.36. The third kappa shape index (κ3) is 3.33. The molecule has 116 valence electrons. The van der Waals surface area contributed by atoms with Gasteiger partial charge in [0.25, 0.3) is 0 Å². The average molecular weight is 330 g/mol. The van der Waals surface area contributed by atoms with E-state index in [-0.39, 0.29) is 26.6 Å². The Morgan fingerprint density at radius 3 is 2.38 bits per heavy atom. The Morgan fingerprint density at radius 1 is 1.33 bits per heavy atom. The van der Waals surface area contributed by atoms with Crippen LogP contribution in [-0.2, 0) is 10.0 Å². The maximum atomic E-state index is 12.7. The highest BCUT2D eigenvalue weighted by Gasteiger charge is 2.33. The Labute approximate surface area is 128 Å². The van der Waals surface area contributed by atoms with Gasteiger partial charge in [-0.1, -0.05) is 13.8 Å². The van der Waals surface area contributed by atoms with E-state index < -0.39 is 16.0 Å². The first-order valence-corrected chi connectivity index (χ1v) is 8.88.